The first-order valence-corrected chi connectivity index (χ1v) is 3.00. The lowest BCUT2D eigenvalue weighted by atomic mass is 10.4. The zero-order chi connectivity index (χ0) is 7.98. The number of guanidine groups is 1. The van der Waals surface area contributed by atoms with Gasteiger partial charge in [-0.15, -0.1) is 0 Å². The molecule has 0 fully saturated rings. The molecule has 0 radical (unpaired) electrons. The van der Waals surface area contributed by atoms with E-state index in [1.807, 2.05) is 6.92 Å². The molecule has 1 unspecified atom stereocenters. The molecule has 0 aliphatic rings. The molecule has 0 amide bonds. The maximum absolute atomic E-state index is 5.24. The van der Waals surface area contributed by atoms with Gasteiger partial charge in [-0.25, -0.2) is 9.98 Å². The van der Waals surface area contributed by atoms with E-state index in [4.69, 9.17) is 10.5 Å². The van der Waals surface area contributed by atoms with Crippen molar-refractivity contribution in [2.24, 2.45) is 15.7 Å². The zero-order valence-electron chi connectivity index (χ0n) is 6.37. The quantitative estimate of drug-likeness (QED) is 0.448. The van der Waals surface area contributed by atoms with Gasteiger partial charge in [0.1, 0.15) is 0 Å². The van der Waals surface area contributed by atoms with E-state index in [1.54, 1.807) is 7.11 Å². The van der Waals surface area contributed by atoms with Crippen LogP contribution in [-0.2, 0) is 4.74 Å². The molecule has 0 aromatic rings. The first-order chi connectivity index (χ1) is 4.70. The van der Waals surface area contributed by atoms with Crippen LogP contribution in [-0.4, -0.2) is 32.4 Å². The Hall–Kier alpha value is -0.900. The van der Waals surface area contributed by atoms with Gasteiger partial charge < -0.3 is 10.5 Å². The summed E-state index contributed by atoms with van der Waals surface area (Å²) >= 11 is 0. The van der Waals surface area contributed by atoms with Gasteiger partial charge in [0, 0.05) is 7.11 Å². The average Bonchev–Trinajstić information content (AvgIpc) is 1.99. The normalized spacial score (nSPS) is 14.8. The summed E-state index contributed by atoms with van der Waals surface area (Å²) in [4.78, 5) is 7.27. The highest BCUT2D eigenvalue weighted by molar-refractivity contribution is 5.82. The Morgan fingerprint density at radius 2 is 2.40 bits per heavy atom. The Balaban J connectivity index is 3.60. The number of ether oxygens (including phenoxy) is 1. The molecule has 0 saturated heterocycles. The van der Waals surface area contributed by atoms with E-state index < -0.39 is 0 Å². The van der Waals surface area contributed by atoms with E-state index in [0.29, 0.717) is 6.54 Å². The molecule has 0 aliphatic carbocycles. The Morgan fingerprint density at radius 3 is 2.80 bits per heavy atom. The van der Waals surface area contributed by atoms with E-state index in [2.05, 4.69) is 16.7 Å². The highest BCUT2D eigenvalue weighted by Crippen LogP contribution is 1.87. The number of nitrogens with zero attached hydrogens (tertiary/aromatic N) is 2. The van der Waals surface area contributed by atoms with Crippen LogP contribution in [0.5, 0.6) is 0 Å². The maximum Gasteiger partial charge on any atom is 0.214 e. The number of hydrogen-bond acceptors (Lipinski definition) is 2. The number of hydrogen-bond donors (Lipinski definition) is 1. The minimum Gasteiger partial charge on any atom is -0.380 e. The number of rotatable bonds is 3. The van der Waals surface area contributed by atoms with E-state index >= 15 is 0 Å². The third-order valence-corrected chi connectivity index (χ3v) is 1.07. The van der Waals surface area contributed by atoms with Crippen molar-refractivity contribution in [2.45, 2.75) is 13.0 Å². The lowest BCUT2D eigenvalue weighted by Gasteiger charge is -2.03. The van der Waals surface area contributed by atoms with Gasteiger partial charge in [-0.2, -0.15) is 0 Å². The molecule has 2 N–H and O–H groups in total. The van der Waals surface area contributed by atoms with Crippen LogP contribution in [0.3, 0.4) is 0 Å². The summed E-state index contributed by atoms with van der Waals surface area (Å²) < 4.78 is 4.92. The van der Waals surface area contributed by atoms with Crippen LogP contribution in [0.2, 0.25) is 0 Å². The first-order valence-electron chi connectivity index (χ1n) is 3.00. The van der Waals surface area contributed by atoms with Crippen molar-refractivity contribution in [2.75, 3.05) is 13.7 Å². The standard InChI is InChI=1S/C6H13N3O/c1-5(10-3)4-9-6(7)8-2/h5H,2,4H2,1,3H3,(H2,7,9). The van der Waals surface area contributed by atoms with Crippen molar-refractivity contribution >= 4 is 12.7 Å². The topological polar surface area (TPSA) is 60.0 Å². The summed E-state index contributed by atoms with van der Waals surface area (Å²) in [5.74, 6) is 0.212. The second-order valence-electron chi connectivity index (χ2n) is 1.90. The molecule has 0 saturated carbocycles. The van der Waals surface area contributed by atoms with Crippen LogP contribution >= 0.6 is 0 Å². The van der Waals surface area contributed by atoms with Gasteiger partial charge >= 0.3 is 0 Å². The third kappa shape index (κ3) is 4.03. The molecule has 0 rings (SSSR count). The average molecular weight is 143 g/mol. The number of aliphatic imine (C=N–C) groups is 2. The Kier molecular flexibility index (Phi) is 4.49. The van der Waals surface area contributed by atoms with Crippen molar-refractivity contribution in [1.82, 2.24) is 0 Å². The molecule has 0 spiro atoms. The second-order valence-corrected chi connectivity index (χ2v) is 1.90. The van der Waals surface area contributed by atoms with Gasteiger partial charge in [0.2, 0.25) is 5.96 Å². The van der Waals surface area contributed by atoms with Crippen LogP contribution in [0, 0.1) is 0 Å². The summed E-state index contributed by atoms with van der Waals surface area (Å²) in [6.07, 6.45) is 0.0836. The summed E-state index contributed by atoms with van der Waals surface area (Å²) in [6, 6.07) is 0. The van der Waals surface area contributed by atoms with Crippen molar-refractivity contribution in [1.29, 1.82) is 0 Å². The first kappa shape index (κ1) is 9.10. The highest BCUT2D eigenvalue weighted by Gasteiger charge is 1.95. The van der Waals surface area contributed by atoms with Crippen LogP contribution in [0.25, 0.3) is 0 Å². The fraction of sp³-hybridized carbons (Fsp3) is 0.667. The smallest absolute Gasteiger partial charge is 0.214 e. The van der Waals surface area contributed by atoms with Gasteiger partial charge in [0.15, 0.2) is 0 Å². The Labute approximate surface area is 60.8 Å². The van der Waals surface area contributed by atoms with Gasteiger partial charge in [-0.3, -0.25) is 0 Å². The van der Waals surface area contributed by atoms with Gasteiger partial charge in [-0.05, 0) is 13.6 Å². The predicted molar refractivity (Wildman–Crippen MR) is 42.5 cm³/mol. The summed E-state index contributed by atoms with van der Waals surface area (Å²) in [7, 11) is 1.62. The van der Waals surface area contributed by atoms with E-state index in [-0.39, 0.29) is 12.1 Å². The molecule has 0 bridgehead atoms. The van der Waals surface area contributed by atoms with Crippen molar-refractivity contribution in [3.8, 4) is 0 Å². The van der Waals surface area contributed by atoms with Gasteiger partial charge in [0.25, 0.3) is 0 Å². The molecule has 4 heteroatoms. The lowest BCUT2D eigenvalue weighted by Crippen LogP contribution is -2.14. The number of nitrogens with two attached hydrogens (primary N) is 1. The molecule has 58 valence electrons. The van der Waals surface area contributed by atoms with Crippen LogP contribution in [0.1, 0.15) is 6.92 Å². The summed E-state index contributed by atoms with van der Waals surface area (Å²) in [5, 5.41) is 0. The molecule has 0 aromatic carbocycles. The largest absolute Gasteiger partial charge is 0.380 e. The SMILES string of the molecule is C=N/C(N)=N\CC(C)OC. The molecule has 4 nitrogen and oxygen atoms in total. The fourth-order valence-electron chi connectivity index (χ4n) is 0.347. The van der Waals surface area contributed by atoms with Gasteiger partial charge in [0.05, 0.1) is 12.6 Å². The molecular weight excluding hydrogens is 130 g/mol. The van der Waals surface area contributed by atoms with Crippen LogP contribution < -0.4 is 5.73 Å². The second kappa shape index (κ2) is 4.93. The van der Waals surface area contributed by atoms with E-state index in [9.17, 15) is 0 Å². The van der Waals surface area contributed by atoms with Crippen LogP contribution in [0.15, 0.2) is 9.98 Å². The van der Waals surface area contributed by atoms with Crippen molar-refractivity contribution in [3.63, 3.8) is 0 Å². The molecule has 10 heavy (non-hydrogen) atoms. The van der Waals surface area contributed by atoms with E-state index in [1.165, 1.54) is 0 Å². The summed E-state index contributed by atoms with van der Waals surface area (Å²) in [6.45, 7) is 5.65. The fourth-order valence-corrected chi connectivity index (χ4v) is 0.347. The monoisotopic (exact) mass is 143 g/mol. The predicted octanol–water partition coefficient (Wildman–Crippen LogP) is 0.0366. The van der Waals surface area contributed by atoms with E-state index in [0.717, 1.165) is 0 Å². The molecule has 0 heterocycles. The lowest BCUT2D eigenvalue weighted by molar-refractivity contribution is 0.125. The van der Waals surface area contributed by atoms with Crippen molar-refractivity contribution < 1.29 is 4.74 Å². The Morgan fingerprint density at radius 1 is 1.80 bits per heavy atom. The third-order valence-electron chi connectivity index (χ3n) is 1.07. The molecule has 0 aromatic heterocycles. The molecule has 1 atom stereocenters. The van der Waals surface area contributed by atoms with Gasteiger partial charge in [-0.1, -0.05) is 0 Å². The molecule has 0 aliphatic heterocycles. The maximum atomic E-state index is 5.24. The zero-order valence-corrected chi connectivity index (χ0v) is 6.37. The Bertz CT molecular complexity index is 133. The highest BCUT2D eigenvalue weighted by atomic mass is 16.5. The summed E-state index contributed by atoms with van der Waals surface area (Å²) in [5.41, 5.74) is 5.24. The van der Waals surface area contributed by atoms with Crippen LogP contribution in [0.4, 0.5) is 0 Å². The number of methoxy groups -OCH3 is 1. The minimum absolute atomic E-state index is 0.0836. The van der Waals surface area contributed by atoms with Crippen molar-refractivity contribution in [3.05, 3.63) is 0 Å². The minimum atomic E-state index is 0.0836. The molecular formula is C6H13N3O.